The van der Waals surface area contributed by atoms with Gasteiger partial charge in [-0.3, -0.25) is 9.59 Å². The quantitative estimate of drug-likeness (QED) is 0.0808. The molecule has 12 heteroatoms. The van der Waals surface area contributed by atoms with Crippen molar-refractivity contribution < 1.29 is 19.1 Å². The third kappa shape index (κ3) is 11.2. The van der Waals surface area contributed by atoms with E-state index in [1.807, 2.05) is 78.9 Å². The molecule has 0 aliphatic carbocycles. The van der Waals surface area contributed by atoms with Gasteiger partial charge in [-0.25, -0.2) is 0 Å². The van der Waals surface area contributed by atoms with E-state index in [2.05, 4.69) is 41.5 Å². The number of nitrogens with one attached hydrogen (secondary N) is 5. The van der Waals surface area contributed by atoms with E-state index < -0.39 is 0 Å². The highest BCUT2D eigenvalue weighted by Gasteiger charge is 2.10. The van der Waals surface area contributed by atoms with Crippen molar-refractivity contribution in [2.24, 2.45) is 0 Å². The average molecular weight is 647 g/mol. The SMILES string of the molecule is O=C(NCCOCCOCCNc1nc(Nc2ccccc2)nc(Nc2ccc(C(=O)NCc3ccccc3)cc2)n1)c1ccccc1. The van der Waals surface area contributed by atoms with E-state index in [0.717, 1.165) is 11.3 Å². The molecule has 0 aliphatic heterocycles. The molecule has 0 saturated heterocycles. The first kappa shape index (κ1) is 33.5. The summed E-state index contributed by atoms with van der Waals surface area (Å²) in [5.74, 6) is 0.745. The molecule has 0 fully saturated rings. The molecular formula is C36H38N8O4. The number of anilines is 5. The third-order valence-electron chi connectivity index (χ3n) is 6.83. The van der Waals surface area contributed by atoms with Crippen LogP contribution < -0.4 is 26.6 Å². The van der Waals surface area contributed by atoms with Crippen molar-refractivity contribution in [3.05, 3.63) is 132 Å². The molecule has 5 rings (SSSR count). The van der Waals surface area contributed by atoms with Crippen LogP contribution in [0.2, 0.25) is 0 Å². The Balaban J connectivity index is 1.07. The number of hydrogen-bond donors (Lipinski definition) is 5. The fourth-order valence-electron chi connectivity index (χ4n) is 4.42. The fraction of sp³-hybridized carbons (Fsp3) is 0.194. The third-order valence-corrected chi connectivity index (χ3v) is 6.83. The van der Waals surface area contributed by atoms with E-state index in [-0.39, 0.29) is 11.8 Å². The normalized spacial score (nSPS) is 10.6. The van der Waals surface area contributed by atoms with E-state index in [1.54, 1.807) is 36.4 Å². The van der Waals surface area contributed by atoms with Crippen LogP contribution in [0.3, 0.4) is 0 Å². The van der Waals surface area contributed by atoms with Gasteiger partial charge in [-0.05, 0) is 54.1 Å². The second-order valence-corrected chi connectivity index (χ2v) is 10.4. The molecule has 5 N–H and O–H groups in total. The van der Waals surface area contributed by atoms with E-state index >= 15 is 0 Å². The Bertz CT molecular complexity index is 1710. The van der Waals surface area contributed by atoms with Crippen molar-refractivity contribution in [3.8, 4) is 0 Å². The maximum Gasteiger partial charge on any atom is 0.251 e. The van der Waals surface area contributed by atoms with Gasteiger partial charge in [0.1, 0.15) is 0 Å². The Morgan fingerprint density at radius 1 is 0.500 bits per heavy atom. The molecule has 246 valence electrons. The van der Waals surface area contributed by atoms with Gasteiger partial charge in [-0.1, -0.05) is 66.7 Å². The minimum absolute atomic E-state index is 0.127. The Labute approximate surface area is 279 Å². The van der Waals surface area contributed by atoms with Crippen LogP contribution in [0.25, 0.3) is 0 Å². The zero-order valence-corrected chi connectivity index (χ0v) is 26.4. The van der Waals surface area contributed by atoms with Crippen LogP contribution in [0.5, 0.6) is 0 Å². The first-order chi connectivity index (χ1) is 23.6. The lowest BCUT2D eigenvalue weighted by molar-refractivity contribution is 0.0519. The van der Waals surface area contributed by atoms with Crippen LogP contribution in [-0.2, 0) is 16.0 Å². The van der Waals surface area contributed by atoms with Crippen LogP contribution in [0.15, 0.2) is 115 Å². The summed E-state index contributed by atoms with van der Waals surface area (Å²) < 4.78 is 11.2. The van der Waals surface area contributed by atoms with Crippen molar-refractivity contribution in [2.75, 3.05) is 55.5 Å². The van der Waals surface area contributed by atoms with E-state index in [1.165, 1.54) is 0 Å². The molecule has 0 bridgehead atoms. The molecule has 1 heterocycles. The molecule has 12 nitrogen and oxygen atoms in total. The van der Waals surface area contributed by atoms with Gasteiger partial charge in [0.15, 0.2) is 0 Å². The molecule has 0 radical (unpaired) electrons. The van der Waals surface area contributed by atoms with Gasteiger partial charge in [0.2, 0.25) is 17.8 Å². The van der Waals surface area contributed by atoms with Crippen molar-refractivity contribution in [2.45, 2.75) is 6.54 Å². The van der Waals surface area contributed by atoms with E-state index in [0.29, 0.717) is 80.7 Å². The molecule has 0 saturated carbocycles. The van der Waals surface area contributed by atoms with Gasteiger partial charge in [0.25, 0.3) is 11.8 Å². The molecular weight excluding hydrogens is 608 g/mol. The lowest BCUT2D eigenvalue weighted by Gasteiger charge is -2.12. The Morgan fingerprint density at radius 3 is 1.65 bits per heavy atom. The summed E-state index contributed by atoms with van der Waals surface area (Å²) in [6.07, 6.45) is 0. The summed E-state index contributed by atoms with van der Waals surface area (Å²) in [7, 11) is 0. The Kier molecular flexibility index (Phi) is 12.8. The molecule has 0 aliphatic rings. The summed E-state index contributed by atoms with van der Waals surface area (Å²) in [4.78, 5) is 38.2. The minimum atomic E-state index is -0.160. The number of rotatable bonds is 18. The van der Waals surface area contributed by atoms with Crippen molar-refractivity contribution in [1.29, 1.82) is 0 Å². The Hall–Kier alpha value is -5.85. The molecule has 0 unspecified atom stereocenters. The van der Waals surface area contributed by atoms with Crippen LogP contribution in [-0.4, -0.2) is 66.3 Å². The number of nitrogens with zero attached hydrogens (tertiary/aromatic N) is 3. The lowest BCUT2D eigenvalue weighted by atomic mass is 10.2. The van der Waals surface area contributed by atoms with Gasteiger partial charge in [0, 0.05) is 42.1 Å². The highest BCUT2D eigenvalue weighted by Crippen LogP contribution is 2.19. The number of para-hydroxylation sites is 1. The van der Waals surface area contributed by atoms with Gasteiger partial charge >= 0.3 is 0 Å². The first-order valence-electron chi connectivity index (χ1n) is 15.6. The monoisotopic (exact) mass is 646 g/mol. The minimum Gasteiger partial charge on any atom is -0.377 e. The molecule has 48 heavy (non-hydrogen) atoms. The summed E-state index contributed by atoms with van der Waals surface area (Å²) >= 11 is 0. The zero-order chi connectivity index (χ0) is 33.2. The van der Waals surface area contributed by atoms with E-state index in [9.17, 15) is 9.59 Å². The van der Waals surface area contributed by atoms with E-state index in [4.69, 9.17) is 9.47 Å². The van der Waals surface area contributed by atoms with Crippen LogP contribution in [0.4, 0.5) is 29.2 Å². The van der Waals surface area contributed by atoms with Crippen molar-refractivity contribution >= 4 is 41.0 Å². The van der Waals surface area contributed by atoms with Crippen LogP contribution >= 0.6 is 0 Å². The predicted octanol–water partition coefficient (Wildman–Crippen LogP) is 5.16. The number of aromatic nitrogens is 3. The standard InChI is InChI=1S/C36H38N8O4/c45-32(28-12-6-2-7-13-28)37-20-22-47-24-25-48-23-21-38-34-42-35(40-30-14-8-3-9-15-30)44-36(43-34)41-31-18-16-29(17-19-31)33(46)39-26-27-10-4-1-5-11-27/h1-19H,20-26H2,(H,37,45)(H,39,46)(H3,38,40,41,42,43,44). The molecule has 1 aromatic heterocycles. The van der Waals surface area contributed by atoms with Gasteiger partial charge in [-0.2, -0.15) is 15.0 Å². The second-order valence-electron chi connectivity index (χ2n) is 10.4. The summed E-state index contributed by atoms with van der Waals surface area (Å²) in [5, 5.41) is 15.3. The van der Waals surface area contributed by atoms with Crippen LogP contribution in [0.1, 0.15) is 26.3 Å². The largest absolute Gasteiger partial charge is 0.377 e. The number of carbonyl (C=O) groups excluding carboxylic acids is 2. The average Bonchev–Trinajstić information content (AvgIpc) is 3.13. The highest BCUT2D eigenvalue weighted by atomic mass is 16.5. The second kappa shape index (κ2) is 18.3. The zero-order valence-electron chi connectivity index (χ0n) is 26.4. The maximum absolute atomic E-state index is 12.6. The molecule has 0 atom stereocenters. The smallest absolute Gasteiger partial charge is 0.251 e. The number of hydrogen-bond acceptors (Lipinski definition) is 10. The Morgan fingerprint density at radius 2 is 1.00 bits per heavy atom. The number of benzene rings is 4. The number of ether oxygens (including phenoxy) is 2. The lowest BCUT2D eigenvalue weighted by Crippen LogP contribution is -2.27. The summed E-state index contributed by atoms with van der Waals surface area (Å²) in [5.41, 5.74) is 3.73. The van der Waals surface area contributed by atoms with Crippen molar-refractivity contribution in [3.63, 3.8) is 0 Å². The molecule has 0 spiro atoms. The summed E-state index contributed by atoms with van der Waals surface area (Å²) in [6, 6.07) is 35.5. The maximum atomic E-state index is 12.6. The number of amides is 2. The number of carbonyl (C=O) groups is 2. The van der Waals surface area contributed by atoms with Gasteiger partial charge in [0.05, 0.1) is 26.4 Å². The first-order valence-corrected chi connectivity index (χ1v) is 15.6. The highest BCUT2D eigenvalue weighted by molar-refractivity contribution is 5.94. The van der Waals surface area contributed by atoms with Crippen LogP contribution in [0, 0.1) is 0 Å². The molecule has 4 aromatic carbocycles. The van der Waals surface area contributed by atoms with Crippen molar-refractivity contribution in [1.82, 2.24) is 25.6 Å². The molecule has 2 amide bonds. The van der Waals surface area contributed by atoms with Gasteiger partial charge in [-0.15, -0.1) is 0 Å². The topological polar surface area (TPSA) is 151 Å². The summed E-state index contributed by atoms with van der Waals surface area (Å²) in [6.45, 7) is 2.92. The van der Waals surface area contributed by atoms with Gasteiger partial charge < -0.3 is 36.1 Å². The molecule has 5 aromatic rings. The predicted molar refractivity (Wildman–Crippen MR) is 186 cm³/mol. The fourth-order valence-corrected chi connectivity index (χ4v) is 4.42.